The number of nitrogen functional groups attached to an aromatic ring is 1. The van der Waals surface area contributed by atoms with Crippen LogP contribution in [0, 0.1) is 0 Å². The number of rotatable bonds is 3. The van der Waals surface area contributed by atoms with E-state index >= 15 is 0 Å². The van der Waals surface area contributed by atoms with Crippen LogP contribution in [-0.4, -0.2) is 42.8 Å². The fourth-order valence-electron chi connectivity index (χ4n) is 1.10. The van der Waals surface area contributed by atoms with E-state index in [1.54, 1.807) is 6.92 Å². The number of nitrogens with one attached hydrogen (secondary N) is 1. The summed E-state index contributed by atoms with van der Waals surface area (Å²) in [5.74, 6) is 4.86. The fourth-order valence-corrected chi connectivity index (χ4v) is 1.10. The van der Waals surface area contributed by atoms with E-state index in [0.29, 0.717) is 0 Å². The summed E-state index contributed by atoms with van der Waals surface area (Å²) in [6.45, 7) is 1.90. The molecule has 0 amide bonds. The van der Waals surface area contributed by atoms with Crippen LogP contribution < -0.4 is 11.3 Å². The van der Waals surface area contributed by atoms with Gasteiger partial charge in [-0.2, -0.15) is 4.52 Å². The molecule has 16 heavy (non-hydrogen) atoms. The van der Waals surface area contributed by atoms with Gasteiger partial charge in [0, 0.05) is 0 Å². The molecule has 2 aromatic rings. The average Bonchev–Trinajstić information content (AvgIpc) is 2.75. The van der Waals surface area contributed by atoms with Crippen molar-refractivity contribution < 1.29 is 9.53 Å². The van der Waals surface area contributed by atoms with Crippen molar-refractivity contribution in [1.29, 1.82) is 0 Å². The van der Waals surface area contributed by atoms with Crippen LogP contribution in [0.25, 0.3) is 5.78 Å². The number of nitrogens with two attached hydrogens (primary N) is 1. The predicted octanol–water partition coefficient (Wildman–Crippen LogP) is -1.62. The van der Waals surface area contributed by atoms with Crippen LogP contribution in [0.15, 0.2) is 0 Å². The second kappa shape index (κ2) is 4.02. The first-order valence-corrected chi connectivity index (χ1v) is 4.36. The van der Waals surface area contributed by atoms with Crippen LogP contribution >= 0.6 is 0 Å². The highest BCUT2D eigenvalue weighted by Gasteiger charge is 2.19. The lowest BCUT2D eigenvalue weighted by atomic mass is 10.4. The van der Waals surface area contributed by atoms with Gasteiger partial charge in [-0.15, -0.1) is 10.2 Å². The summed E-state index contributed by atoms with van der Waals surface area (Å²) in [6, 6.07) is 0. The third-order valence-corrected chi connectivity index (χ3v) is 1.73. The van der Waals surface area contributed by atoms with Crippen molar-refractivity contribution in [3.63, 3.8) is 0 Å². The summed E-state index contributed by atoms with van der Waals surface area (Å²) in [5.41, 5.74) is 2.20. The van der Waals surface area contributed by atoms with Gasteiger partial charge < -0.3 is 10.2 Å². The molecule has 0 unspecified atom stereocenters. The van der Waals surface area contributed by atoms with Crippen molar-refractivity contribution in [2.45, 2.75) is 6.92 Å². The number of tetrazole rings is 1. The number of hydrazine groups is 1. The van der Waals surface area contributed by atoms with Crippen LogP contribution in [0.3, 0.4) is 0 Å². The van der Waals surface area contributed by atoms with E-state index < -0.39 is 5.97 Å². The molecule has 2 rings (SSSR count). The van der Waals surface area contributed by atoms with E-state index in [9.17, 15) is 4.79 Å². The smallest absolute Gasteiger partial charge is 0.362 e. The molecule has 3 N–H and O–H groups in total. The number of hydrogen-bond donors (Lipinski definition) is 2. The number of carbonyl (C=O) groups excluding carboxylic acids is 1. The lowest BCUT2D eigenvalue weighted by Crippen LogP contribution is -2.20. The highest BCUT2D eigenvalue weighted by atomic mass is 16.5. The Morgan fingerprint density at radius 1 is 1.50 bits per heavy atom. The van der Waals surface area contributed by atoms with Crippen LogP contribution in [0.5, 0.6) is 0 Å². The molecule has 2 aromatic heterocycles. The molecule has 0 bridgehead atoms. The van der Waals surface area contributed by atoms with Gasteiger partial charge in [0.25, 0.3) is 5.78 Å². The van der Waals surface area contributed by atoms with Gasteiger partial charge in [0.2, 0.25) is 5.69 Å². The third kappa shape index (κ3) is 1.50. The van der Waals surface area contributed by atoms with Gasteiger partial charge in [-0.3, -0.25) is 0 Å². The standard InChI is InChI=1S/C6H8N8O2/c1-2-16-5(15)3-4(8-7)14-6(10-9-3)11-12-13-14/h8H,2,7H2,1H3. The fraction of sp³-hybridized carbons (Fsp3) is 0.333. The maximum Gasteiger partial charge on any atom is 0.362 e. The van der Waals surface area contributed by atoms with Crippen LogP contribution in [0.4, 0.5) is 5.82 Å². The van der Waals surface area contributed by atoms with Gasteiger partial charge in [0.1, 0.15) is 0 Å². The van der Waals surface area contributed by atoms with Crippen molar-refractivity contribution in [1.82, 2.24) is 30.2 Å². The first kappa shape index (κ1) is 10.2. The minimum absolute atomic E-state index is 0.0795. The first-order chi connectivity index (χ1) is 7.77. The van der Waals surface area contributed by atoms with E-state index in [1.165, 1.54) is 0 Å². The molecule has 0 saturated heterocycles. The second-order valence-corrected chi connectivity index (χ2v) is 2.65. The molecule has 0 radical (unpaired) electrons. The topological polar surface area (TPSA) is 133 Å². The van der Waals surface area contributed by atoms with Crippen molar-refractivity contribution in [2.24, 2.45) is 5.84 Å². The largest absolute Gasteiger partial charge is 0.461 e. The summed E-state index contributed by atoms with van der Waals surface area (Å²) < 4.78 is 5.93. The Kier molecular flexibility index (Phi) is 2.55. The van der Waals surface area contributed by atoms with E-state index in [4.69, 9.17) is 10.6 Å². The normalized spacial score (nSPS) is 10.4. The summed E-state index contributed by atoms with van der Waals surface area (Å²) >= 11 is 0. The van der Waals surface area contributed by atoms with Gasteiger partial charge >= 0.3 is 5.97 Å². The Bertz CT molecular complexity index is 522. The maximum atomic E-state index is 11.5. The molecule has 2 heterocycles. The molecule has 0 aliphatic rings. The molecule has 0 spiro atoms. The number of fused-ring (bicyclic) bond motifs is 1. The Morgan fingerprint density at radius 3 is 3.00 bits per heavy atom. The van der Waals surface area contributed by atoms with E-state index in [0.717, 1.165) is 4.52 Å². The molecular formula is C6H8N8O2. The van der Waals surface area contributed by atoms with Crippen LogP contribution in [-0.2, 0) is 4.74 Å². The van der Waals surface area contributed by atoms with Crippen molar-refractivity contribution in [3.05, 3.63) is 5.69 Å². The quantitative estimate of drug-likeness (QED) is 0.358. The highest BCUT2D eigenvalue weighted by Crippen LogP contribution is 2.11. The molecule has 0 fully saturated rings. The molecule has 10 nitrogen and oxygen atoms in total. The van der Waals surface area contributed by atoms with E-state index in [-0.39, 0.29) is 23.9 Å². The van der Waals surface area contributed by atoms with Crippen molar-refractivity contribution in [3.8, 4) is 0 Å². The Labute approximate surface area is 88.8 Å². The van der Waals surface area contributed by atoms with E-state index in [2.05, 4.69) is 31.1 Å². The molecule has 0 aliphatic carbocycles. The van der Waals surface area contributed by atoms with Gasteiger partial charge in [-0.25, -0.2) is 10.6 Å². The highest BCUT2D eigenvalue weighted by molar-refractivity contribution is 5.92. The Hall–Kier alpha value is -2.36. The summed E-state index contributed by atoms with van der Waals surface area (Å²) in [5, 5.41) is 17.8. The average molecular weight is 224 g/mol. The maximum absolute atomic E-state index is 11.5. The number of nitrogens with zero attached hydrogens (tertiary/aromatic N) is 6. The second-order valence-electron chi connectivity index (χ2n) is 2.65. The molecule has 0 atom stereocenters. The van der Waals surface area contributed by atoms with Crippen LogP contribution in [0.2, 0.25) is 0 Å². The number of esters is 1. The number of anilines is 1. The summed E-state index contributed by atoms with van der Waals surface area (Å²) in [6.07, 6.45) is 0. The first-order valence-electron chi connectivity index (χ1n) is 4.36. The number of hydrogen-bond acceptors (Lipinski definition) is 9. The minimum Gasteiger partial charge on any atom is -0.461 e. The van der Waals surface area contributed by atoms with Crippen molar-refractivity contribution in [2.75, 3.05) is 12.0 Å². The Balaban J connectivity index is 2.56. The predicted molar refractivity (Wildman–Crippen MR) is 50.1 cm³/mol. The molecule has 10 heteroatoms. The Morgan fingerprint density at radius 2 is 2.31 bits per heavy atom. The van der Waals surface area contributed by atoms with Crippen molar-refractivity contribution >= 4 is 17.6 Å². The van der Waals surface area contributed by atoms with Crippen LogP contribution in [0.1, 0.15) is 17.4 Å². The zero-order chi connectivity index (χ0) is 11.5. The number of aromatic nitrogens is 6. The molecule has 0 saturated carbocycles. The summed E-state index contributed by atoms with van der Waals surface area (Å²) in [7, 11) is 0. The van der Waals surface area contributed by atoms with Gasteiger partial charge in [-0.1, -0.05) is 5.10 Å². The lowest BCUT2D eigenvalue weighted by Gasteiger charge is -2.06. The zero-order valence-corrected chi connectivity index (χ0v) is 8.28. The SMILES string of the molecule is CCOC(=O)c1nnc2nnnn2c1NN. The molecule has 84 valence electrons. The minimum atomic E-state index is -0.652. The monoisotopic (exact) mass is 224 g/mol. The van der Waals surface area contributed by atoms with Gasteiger partial charge in [-0.05, 0) is 17.4 Å². The molecule has 0 aliphatic heterocycles. The summed E-state index contributed by atoms with van der Waals surface area (Å²) in [4.78, 5) is 11.5. The molecular weight excluding hydrogens is 216 g/mol. The van der Waals surface area contributed by atoms with Gasteiger partial charge in [0.05, 0.1) is 6.61 Å². The van der Waals surface area contributed by atoms with Gasteiger partial charge in [0.15, 0.2) is 5.82 Å². The zero-order valence-electron chi connectivity index (χ0n) is 8.28. The molecule has 0 aromatic carbocycles. The van der Waals surface area contributed by atoms with E-state index in [1.807, 2.05) is 0 Å². The number of ether oxygens (including phenoxy) is 1. The lowest BCUT2D eigenvalue weighted by molar-refractivity contribution is 0.0518. The number of carbonyl (C=O) groups is 1. The third-order valence-electron chi connectivity index (χ3n) is 1.73.